The van der Waals surface area contributed by atoms with Gasteiger partial charge in [0.2, 0.25) is 0 Å². The summed E-state index contributed by atoms with van der Waals surface area (Å²) < 4.78 is 10.7. The summed E-state index contributed by atoms with van der Waals surface area (Å²) in [6.07, 6.45) is 8.79. The molecule has 0 heterocycles. The molecule has 2 rings (SSSR count). The first-order valence-corrected chi connectivity index (χ1v) is 7.27. The van der Waals surface area contributed by atoms with Crippen LogP contribution in [0, 0.1) is 11.8 Å². The van der Waals surface area contributed by atoms with E-state index < -0.39 is 0 Å². The van der Waals surface area contributed by atoms with Crippen molar-refractivity contribution in [2.24, 2.45) is 11.8 Å². The van der Waals surface area contributed by atoms with Crippen molar-refractivity contribution in [3.8, 4) is 0 Å². The quantitative estimate of drug-likeness (QED) is 0.417. The van der Waals surface area contributed by atoms with E-state index in [0.717, 1.165) is 38.2 Å². The van der Waals surface area contributed by atoms with Crippen LogP contribution < -0.4 is 0 Å². The van der Waals surface area contributed by atoms with Crippen LogP contribution in [0.3, 0.4) is 0 Å². The Labute approximate surface area is 115 Å². The Morgan fingerprint density at radius 1 is 1.32 bits per heavy atom. The molecule has 2 unspecified atom stereocenters. The first kappa shape index (κ1) is 14.2. The highest BCUT2D eigenvalue weighted by atomic mass is 16.5. The molecule has 3 heteroatoms. The summed E-state index contributed by atoms with van der Waals surface area (Å²) in [5, 5.41) is 0. The van der Waals surface area contributed by atoms with E-state index >= 15 is 0 Å². The fraction of sp³-hybridized carbons (Fsp3) is 0.688. The Balaban J connectivity index is 1.64. The first-order chi connectivity index (χ1) is 9.13. The normalized spacial score (nSPS) is 25.7. The molecule has 0 aromatic heterocycles. The van der Waals surface area contributed by atoms with Crippen molar-refractivity contribution < 1.29 is 14.3 Å². The standard InChI is InChI=1S/C16H24O3/c1-12-7-14-9-15(8-12)11-16(10-14)19-6-4-3-5-18-13(2)17/h10,14-15H,1,3-9,11H2,2H3. The molecule has 0 amide bonds. The maximum atomic E-state index is 10.6. The van der Waals surface area contributed by atoms with Gasteiger partial charge in [-0.1, -0.05) is 12.2 Å². The Morgan fingerprint density at radius 3 is 2.84 bits per heavy atom. The van der Waals surface area contributed by atoms with Gasteiger partial charge in [0.05, 0.1) is 19.0 Å². The van der Waals surface area contributed by atoms with Crippen LogP contribution in [-0.4, -0.2) is 19.2 Å². The predicted molar refractivity (Wildman–Crippen MR) is 74.5 cm³/mol. The zero-order valence-corrected chi connectivity index (χ0v) is 11.8. The van der Waals surface area contributed by atoms with Crippen molar-refractivity contribution in [1.29, 1.82) is 0 Å². The number of esters is 1. The number of ether oxygens (including phenoxy) is 2. The second-order valence-corrected chi connectivity index (χ2v) is 5.75. The highest BCUT2D eigenvalue weighted by Gasteiger charge is 2.28. The Hall–Kier alpha value is -1.25. The molecule has 0 saturated heterocycles. The molecular weight excluding hydrogens is 240 g/mol. The van der Waals surface area contributed by atoms with Gasteiger partial charge in [0, 0.05) is 13.3 Å². The smallest absolute Gasteiger partial charge is 0.302 e. The van der Waals surface area contributed by atoms with Gasteiger partial charge >= 0.3 is 5.97 Å². The second kappa shape index (κ2) is 6.78. The number of hydrogen-bond donors (Lipinski definition) is 0. The molecule has 0 spiro atoms. The average Bonchev–Trinajstić information content (AvgIpc) is 2.31. The van der Waals surface area contributed by atoms with Crippen molar-refractivity contribution in [3.05, 3.63) is 24.0 Å². The molecule has 2 atom stereocenters. The summed E-state index contributed by atoms with van der Waals surface area (Å²) in [7, 11) is 0. The Morgan fingerprint density at radius 2 is 2.11 bits per heavy atom. The van der Waals surface area contributed by atoms with E-state index in [-0.39, 0.29) is 5.97 Å². The SMILES string of the molecule is C=C1CC2C=C(OCCCCOC(C)=O)CC(C1)C2. The highest BCUT2D eigenvalue weighted by molar-refractivity contribution is 5.65. The predicted octanol–water partition coefficient (Wildman–Crippen LogP) is 3.61. The van der Waals surface area contributed by atoms with E-state index in [1.54, 1.807) is 0 Å². The average molecular weight is 264 g/mol. The molecule has 0 aromatic rings. The summed E-state index contributed by atoms with van der Waals surface area (Å²) in [6, 6.07) is 0. The third-order valence-corrected chi connectivity index (χ3v) is 3.81. The number of rotatable bonds is 6. The molecule has 2 aliphatic rings. The van der Waals surface area contributed by atoms with Gasteiger partial charge in [0.25, 0.3) is 0 Å². The molecule has 0 N–H and O–H groups in total. The van der Waals surface area contributed by atoms with E-state index in [1.807, 2.05) is 0 Å². The number of allylic oxidation sites excluding steroid dienone is 3. The zero-order chi connectivity index (χ0) is 13.7. The molecule has 0 radical (unpaired) electrons. The van der Waals surface area contributed by atoms with E-state index in [9.17, 15) is 4.79 Å². The number of hydrogen-bond acceptors (Lipinski definition) is 3. The monoisotopic (exact) mass is 264 g/mol. The van der Waals surface area contributed by atoms with Crippen LogP contribution >= 0.6 is 0 Å². The van der Waals surface area contributed by atoms with Crippen LogP contribution in [0.25, 0.3) is 0 Å². The van der Waals surface area contributed by atoms with Crippen LogP contribution in [0.15, 0.2) is 24.0 Å². The van der Waals surface area contributed by atoms with Gasteiger partial charge in [-0.25, -0.2) is 0 Å². The highest BCUT2D eigenvalue weighted by Crippen LogP contribution is 2.40. The van der Waals surface area contributed by atoms with Crippen LogP contribution in [0.5, 0.6) is 0 Å². The topological polar surface area (TPSA) is 35.5 Å². The van der Waals surface area contributed by atoms with E-state index in [2.05, 4.69) is 12.7 Å². The van der Waals surface area contributed by atoms with Gasteiger partial charge in [0.1, 0.15) is 0 Å². The fourth-order valence-corrected chi connectivity index (χ4v) is 3.09. The van der Waals surface area contributed by atoms with Crippen LogP contribution in [0.4, 0.5) is 0 Å². The molecule has 19 heavy (non-hydrogen) atoms. The van der Waals surface area contributed by atoms with E-state index in [4.69, 9.17) is 9.47 Å². The molecule has 106 valence electrons. The lowest BCUT2D eigenvalue weighted by Gasteiger charge is -2.34. The number of carbonyl (C=O) groups is 1. The number of carbonyl (C=O) groups excluding carboxylic acids is 1. The van der Waals surface area contributed by atoms with Gasteiger partial charge in [0.15, 0.2) is 0 Å². The van der Waals surface area contributed by atoms with Crippen molar-refractivity contribution in [2.75, 3.05) is 13.2 Å². The molecule has 1 fully saturated rings. The largest absolute Gasteiger partial charge is 0.498 e. The lowest BCUT2D eigenvalue weighted by molar-refractivity contribution is -0.141. The lowest BCUT2D eigenvalue weighted by Crippen LogP contribution is -2.22. The molecule has 1 saturated carbocycles. The van der Waals surface area contributed by atoms with Crippen molar-refractivity contribution in [2.45, 2.75) is 45.4 Å². The van der Waals surface area contributed by atoms with Crippen molar-refractivity contribution in [3.63, 3.8) is 0 Å². The maximum Gasteiger partial charge on any atom is 0.302 e. The molecule has 2 aliphatic carbocycles. The van der Waals surface area contributed by atoms with Crippen molar-refractivity contribution >= 4 is 5.97 Å². The second-order valence-electron chi connectivity index (χ2n) is 5.75. The number of fused-ring (bicyclic) bond motifs is 2. The van der Waals surface area contributed by atoms with Crippen LogP contribution in [-0.2, 0) is 14.3 Å². The molecule has 2 bridgehead atoms. The minimum Gasteiger partial charge on any atom is -0.498 e. The van der Waals surface area contributed by atoms with E-state index in [0.29, 0.717) is 12.5 Å². The van der Waals surface area contributed by atoms with Gasteiger partial charge < -0.3 is 9.47 Å². The minimum absolute atomic E-state index is 0.205. The molecule has 0 aromatic carbocycles. The molecular formula is C16H24O3. The zero-order valence-electron chi connectivity index (χ0n) is 11.8. The Kier molecular flexibility index (Phi) is 5.06. The summed E-state index contributed by atoms with van der Waals surface area (Å²) >= 11 is 0. The van der Waals surface area contributed by atoms with Crippen molar-refractivity contribution in [1.82, 2.24) is 0 Å². The van der Waals surface area contributed by atoms with Gasteiger partial charge in [-0.3, -0.25) is 4.79 Å². The van der Waals surface area contributed by atoms with Crippen LogP contribution in [0.2, 0.25) is 0 Å². The summed E-state index contributed by atoms with van der Waals surface area (Å²) in [5.74, 6) is 2.36. The Bertz CT molecular complexity index is 370. The first-order valence-electron chi connectivity index (χ1n) is 7.27. The third-order valence-electron chi connectivity index (χ3n) is 3.81. The van der Waals surface area contributed by atoms with Gasteiger partial charge in [-0.05, 0) is 50.0 Å². The van der Waals surface area contributed by atoms with Gasteiger partial charge in [-0.2, -0.15) is 0 Å². The summed E-state index contributed by atoms with van der Waals surface area (Å²) in [5.41, 5.74) is 1.40. The van der Waals surface area contributed by atoms with Crippen LogP contribution in [0.1, 0.15) is 45.4 Å². The maximum absolute atomic E-state index is 10.6. The van der Waals surface area contributed by atoms with Gasteiger partial charge in [-0.15, -0.1) is 0 Å². The molecule has 3 nitrogen and oxygen atoms in total. The third kappa shape index (κ3) is 4.73. The van der Waals surface area contributed by atoms with E-state index in [1.165, 1.54) is 31.1 Å². The fourth-order valence-electron chi connectivity index (χ4n) is 3.09. The summed E-state index contributed by atoms with van der Waals surface area (Å²) in [6.45, 7) is 6.79. The number of unbranched alkanes of at least 4 members (excludes halogenated alkanes) is 1. The summed E-state index contributed by atoms with van der Waals surface area (Å²) in [4.78, 5) is 10.6. The lowest BCUT2D eigenvalue weighted by atomic mass is 9.73. The minimum atomic E-state index is -0.205. The molecule has 0 aliphatic heterocycles.